The first-order valence-electron chi connectivity index (χ1n) is 5.02. The zero-order valence-electron chi connectivity index (χ0n) is 8.55. The van der Waals surface area contributed by atoms with Crippen LogP contribution < -0.4 is 5.32 Å². The molecule has 0 aromatic carbocycles. The van der Waals surface area contributed by atoms with Crippen LogP contribution in [0.3, 0.4) is 0 Å². The molecule has 1 aromatic heterocycles. The molecular formula is C9H14N4O2. The van der Waals surface area contributed by atoms with Gasteiger partial charge in [0.25, 0.3) is 0 Å². The van der Waals surface area contributed by atoms with Crippen molar-refractivity contribution in [2.24, 2.45) is 5.92 Å². The van der Waals surface area contributed by atoms with Gasteiger partial charge < -0.3 is 10.4 Å². The Morgan fingerprint density at radius 1 is 1.67 bits per heavy atom. The van der Waals surface area contributed by atoms with Crippen molar-refractivity contribution in [1.82, 2.24) is 20.3 Å². The fourth-order valence-corrected chi connectivity index (χ4v) is 1.88. The van der Waals surface area contributed by atoms with Gasteiger partial charge in [0, 0.05) is 6.54 Å². The van der Waals surface area contributed by atoms with Crippen molar-refractivity contribution in [2.45, 2.75) is 19.4 Å². The standard InChI is InChI=1S/C9H14N4O2/c1-6-2-7(4-10-3-6)13-5-8(9(14)15)11-12-13/h5-7,10H,2-4H2,1H3,(H,14,15)/t6-,7+/m1/s1. The first kappa shape index (κ1) is 10.1. The number of aromatic carboxylic acids is 1. The number of carboxylic acid groups (broad SMARTS) is 1. The largest absolute Gasteiger partial charge is 0.476 e. The fourth-order valence-electron chi connectivity index (χ4n) is 1.88. The molecule has 2 heterocycles. The predicted octanol–water partition coefficient (Wildman–Crippen LogP) is 0.147. The van der Waals surface area contributed by atoms with Gasteiger partial charge in [-0.1, -0.05) is 12.1 Å². The molecule has 2 atom stereocenters. The van der Waals surface area contributed by atoms with Crippen LogP contribution in [0.4, 0.5) is 0 Å². The zero-order valence-corrected chi connectivity index (χ0v) is 8.55. The molecule has 0 radical (unpaired) electrons. The minimum atomic E-state index is -1.03. The van der Waals surface area contributed by atoms with Crippen LogP contribution >= 0.6 is 0 Å². The SMILES string of the molecule is C[C@H]1CNC[C@@H](n2cc(C(=O)O)nn2)C1. The average molecular weight is 210 g/mol. The highest BCUT2D eigenvalue weighted by molar-refractivity contribution is 5.84. The van der Waals surface area contributed by atoms with Gasteiger partial charge in [-0.15, -0.1) is 5.10 Å². The molecule has 15 heavy (non-hydrogen) atoms. The average Bonchev–Trinajstić information content (AvgIpc) is 2.66. The number of nitrogens with one attached hydrogen (secondary N) is 1. The van der Waals surface area contributed by atoms with E-state index in [-0.39, 0.29) is 11.7 Å². The fraction of sp³-hybridized carbons (Fsp3) is 0.667. The number of hydrogen-bond donors (Lipinski definition) is 2. The summed E-state index contributed by atoms with van der Waals surface area (Å²) in [5, 5.41) is 19.4. The quantitative estimate of drug-likeness (QED) is 0.726. The normalized spacial score (nSPS) is 26.5. The van der Waals surface area contributed by atoms with Gasteiger partial charge in [0.1, 0.15) is 0 Å². The maximum atomic E-state index is 10.6. The van der Waals surface area contributed by atoms with E-state index in [1.54, 1.807) is 4.68 Å². The number of rotatable bonds is 2. The number of hydrogen-bond acceptors (Lipinski definition) is 4. The maximum Gasteiger partial charge on any atom is 0.358 e. The number of carboxylic acids is 1. The molecule has 1 aliphatic rings. The molecule has 2 N–H and O–H groups in total. The van der Waals surface area contributed by atoms with Crippen molar-refractivity contribution >= 4 is 5.97 Å². The molecule has 1 fully saturated rings. The van der Waals surface area contributed by atoms with E-state index in [0.29, 0.717) is 5.92 Å². The highest BCUT2D eigenvalue weighted by Crippen LogP contribution is 2.19. The number of nitrogens with zero attached hydrogens (tertiary/aromatic N) is 3. The monoisotopic (exact) mass is 210 g/mol. The third-order valence-corrected chi connectivity index (χ3v) is 2.65. The Morgan fingerprint density at radius 3 is 3.07 bits per heavy atom. The van der Waals surface area contributed by atoms with E-state index in [2.05, 4.69) is 22.6 Å². The maximum absolute atomic E-state index is 10.6. The summed E-state index contributed by atoms with van der Waals surface area (Å²) in [7, 11) is 0. The highest BCUT2D eigenvalue weighted by Gasteiger charge is 2.21. The summed E-state index contributed by atoms with van der Waals surface area (Å²) in [4.78, 5) is 10.6. The van der Waals surface area contributed by atoms with Crippen molar-refractivity contribution in [3.8, 4) is 0 Å². The zero-order chi connectivity index (χ0) is 10.8. The van der Waals surface area contributed by atoms with E-state index in [9.17, 15) is 4.79 Å². The molecule has 0 saturated carbocycles. The van der Waals surface area contributed by atoms with Crippen molar-refractivity contribution in [3.05, 3.63) is 11.9 Å². The minimum Gasteiger partial charge on any atom is -0.476 e. The molecule has 1 saturated heterocycles. The number of carbonyl (C=O) groups is 1. The van der Waals surface area contributed by atoms with Gasteiger partial charge in [0.05, 0.1) is 12.2 Å². The Bertz CT molecular complexity index is 363. The molecular weight excluding hydrogens is 196 g/mol. The second-order valence-electron chi connectivity index (χ2n) is 4.04. The number of piperidine rings is 1. The Kier molecular flexibility index (Phi) is 2.68. The third kappa shape index (κ3) is 2.15. The molecule has 1 aliphatic heterocycles. The summed E-state index contributed by atoms with van der Waals surface area (Å²) >= 11 is 0. The van der Waals surface area contributed by atoms with E-state index in [1.807, 2.05) is 0 Å². The predicted molar refractivity (Wildman–Crippen MR) is 52.7 cm³/mol. The van der Waals surface area contributed by atoms with Crippen LogP contribution in [0.5, 0.6) is 0 Å². The van der Waals surface area contributed by atoms with Crippen molar-refractivity contribution in [3.63, 3.8) is 0 Å². The van der Waals surface area contributed by atoms with E-state index in [4.69, 9.17) is 5.11 Å². The van der Waals surface area contributed by atoms with Gasteiger partial charge in [-0.25, -0.2) is 9.48 Å². The molecule has 0 spiro atoms. The van der Waals surface area contributed by atoms with Gasteiger partial charge in [0.15, 0.2) is 5.69 Å². The molecule has 6 nitrogen and oxygen atoms in total. The molecule has 0 amide bonds. The van der Waals surface area contributed by atoms with E-state index >= 15 is 0 Å². The second kappa shape index (κ2) is 3.98. The lowest BCUT2D eigenvalue weighted by atomic mass is 9.98. The lowest BCUT2D eigenvalue weighted by Crippen LogP contribution is -2.36. The summed E-state index contributed by atoms with van der Waals surface area (Å²) in [5.41, 5.74) is 0.00762. The Balaban J connectivity index is 2.11. The molecule has 1 aromatic rings. The minimum absolute atomic E-state index is 0.00762. The summed E-state index contributed by atoms with van der Waals surface area (Å²) in [6.45, 7) is 4.00. The smallest absolute Gasteiger partial charge is 0.358 e. The van der Waals surface area contributed by atoms with Crippen molar-refractivity contribution in [1.29, 1.82) is 0 Å². The van der Waals surface area contributed by atoms with E-state index in [0.717, 1.165) is 19.5 Å². The van der Waals surface area contributed by atoms with Crippen LogP contribution in [0, 0.1) is 5.92 Å². The summed E-state index contributed by atoms with van der Waals surface area (Å²) in [6, 6.07) is 0.217. The Hall–Kier alpha value is -1.43. The van der Waals surface area contributed by atoms with Crippen LogP contribution in [0.1, 0.15) is 29.9 Å². The molecule has 2 rings (SSSR count). The van der Waals surface area contributed by atoms with E-state index < -0.39 is 5.97 Å². The van der Waals surface area contributed by atoms with Crippen LogP contribution in [-0.2, 0) is 0 Å². The first-order chi connectivity index (χ1) is 7.16. The van der Waals surface area contributed by atoms with Crippen LogP contribution in [0.15, 0.2) is 6.20 Å². The molecule has 0 aliphatic carbocycles. The molecule has 0 bridgehead atoms. The summed E-state index contributed by atoms with van der Waals surface area (Å²) < 4.78 is 1.64. The van der Waals surface area contributed by atoms with Gasteiger partial charge in [-0.05, 0) is 18.9 Å². The lowest BCUT2D eigenvalue weighted by molar-refractivity contribution is 0.0690. The topological polar surface area (TPSA) is 80.0 Å². The highest BCUT2D eigenvalue weighted by atomic mass is 16.4. The van der Waals surface area contributed by atoms with Crippen LogP contribution in [-0.4, -0.2) is 39.2 Å². The summed E-state index contributed by atoms with van der Waals surface area (Å²) in [6.07, 6.45) is 2.50. The molecule has 0 unspecified atom stereocenters. The second-order valence-corrected chi connectivity index (χ2v) is 4.04. The molecule has 82 valence electrons. The van der Waals surface area contributed by atoms with Crippen molar-refractivity contribution < 1.29 is 9.90 Å². The third-order valence-electron chi connectivity index (χ3n) is 2.65. The summed E-state index contributed by atoms with van der Waals surface area (Å²) in [5.74, 6) is -0.445. The van der Waals surface area contributed by atoms with Crippen LogP contribution in [0.2, 0.25) is 0 Å². The van der Waals surface area contributed by atoms with Gasteiger partial charge in [-0.3, -0.25) is 0 Å². The van der Waals surface area contributed by atoms with Crippen LogP contribution in [0.25, 0.3) is 0 Å². The Labute approximate surface area is 87.3 Å². The number of aromatic nitrogens is 3. The van der Waals surface area contributed by atoms with Gasteiger partial charge in [0.2, 0.25) is 0 Å². The lowest BCUT2D eigenvalue weighted by Gasteiger charge is -2.27. The van der Waals surface area contributed by atoms with Gasteiger partial charge in [-0.2, -0.15) is 0 Å². The molecule has 6 heteroatoms. The first-order valence-corrected chi connectivity index (χ1v) is 5.02. The van der Waals surface area contributed by atoms with Crippen molar-refractivity contribution in [2.75, 3.05) is 13.1 Å². The van der Waals surface area contributed by atoms with E-state index in [1.165, 1.54) is 6.20 Å². The van der Waals surface area contributed by atoms with Gasteiger partial charge >= 0.3 is 5.97 Å². The Morgan fingerprint density at radius 2 is 2.47 bits per heavy atom.